The van der Waals surface area contributed by atoms with Gasteiger partial charge in [0.05, 0.1) is 24.9 Å². The van der Waals surface area contributed by atoms with Crippen molar-refractivity contribution in [2.45, 2.75) is 19.5 Å². The van der Waals surface area contributed by atoms with Gasteiger partial charge in [-0.1, -0.05) is 0 Å². The van der Waals surface area contributed by atoms with Crippen molar-refractivity contribution < 1.29 is 22.7 Å². The maximum absolute atomic E-state index is 11.8. The van der Waals surface area contributed by atoms with Crippen molar-refractivity contribution in [3.63, 3.8) is 0 Å². The largest absolute Gasteiger partial charge is 0.411 e. The summed E-state index contributed by atoms with van der Waals surface area (Å²) >= 11 is 0. The fourth-order valence-electron chi connectivity index (χ4n) is 1.19. The summed E-state index contributed by atoms with van der Waals surface area (Å²) in [7, 11) is 0. The zero-order valence-corrected chi connectivity index (χ0v) is 10.3. The van der Waals surface area contributed by atoms with Crippen LogP contribution in [-0.4, -0.2) is 30.3 Å². The average Bonchev–Trinajstić information content (AvgIpc) is 2.28. The molecule has 0 atom stereocenters. The van der Waals surface area contributed by atoms with Gasteiger partial charge in [-0.3, -0.25) is 4.79 Å². The first-order chi connectivity index (χ1) is 8.78. The highest BCUT2D eigenvalue weighted by Gasteiger charge is 2.27. The van der Waals surface area contributed by atoms with Crippen molar-refractivity contribution in [3.8, 4) is 0 Å². The third kappa shape index (κ3) is 6.05. The van der Waals surface area contributed by atoms with E-state index >= 15 is 0 Å². The normalized spacial score (nSPS) is 11.4. The van der Waals surface area contributed by atoms with Crippen molar-refractivity contribution in [2.75, 3.05) is 24.3 Å². The number of anilines is 2. The van der Waals surface area contributed by atoms with E-state index in [4.69, 9.17) is 5.73 Å². The molecule has 0 saturated carbocycles. The third-order valence-corrected chi connectivity index (χ3v) is 2.16. The van der Waals surface area contributed by atoms with E-state index in [0.717, 1.165) is 5.56 Å². The SMILES string of the molecule is Cc1cc(NC(=O)CCOCC(F)(F)F)ncc1N. The van der Waals surface area contributed by atoms with Crippen molar-refractivity contribution in [3.05, 3.63) is 17.8 Å². The number of hydrogen-bond acceptors (Lipinski definition) is 4. The van der Waals surface area contributed by atoms with Crippen molar-refractivity contribution in [1.82, 2.24) is 4.98 Å². The van der Waals surface area contributed by atoms with Crippen LogP contribution < -0.4 is 11.1 Å². The fourth-order valence-corrected chi connectivity index (χ4v) is 1.19. The molecule has 0 saturated heterocycles. The van der Waals surface area contributed by atoms with Gasteiger partial charge in [-0.15, -0.1) is 0 Å². The quantitative estimate of drug-likeness (QED) is 0.806. The molecule has 0 unspecified atom stereocenters. The molecule has 0 aromatic carbocycles. The van der Waals surface area contributed by atoms with Crippen LogP contribution >= 0.6 is 0 Å². The molecule has 0 aliphatic rings. The topological polar surface area (TPSA) is 77.2 Å². The zero-order valence-electron chi connectivity index (χ0n) is 10.3. The molecule has 19 heavy (non-hydrogen) atoms. The van der Waals surface area contributed by atoms with Gasteiger partial charge in [-0.2, -0.15) is 13.2 Å². The summed E-state index contributed by atoms with van der Waals surface area (Å²) in [5.74, 6) is -0.175. The number of rotatable bonds is 5. The number of pyridine rings is 1. The summed E-state index contributed by atoms with van der Waals surface area (Å²) in [6.45, 7) is 0.0813. The summed E-state index contributed by atoms with van der Waals surface area (Å²) in [6.07, 6.45) is -3.17. The highest BCUT2D eigenvalue weighted by atomic mass is 19.4. The van der Waals surface area contributed by atoms with Crippen LogP contribution in [0.3, 0.4) is 0 Å². The lowest BCUT2D eigenvalue weighted by Crippen LogP contribution is -2.20. The predicted molar refractivity (Wildman–Crippen MR) is 63.5 cm³/mol. The summed E-state index contributed by atoms with van der Waals surface area (Å²) in [5.41, 5.74) is 6.80. The predicted octanol–water partition coefficient (Wildman–Crippen LogP) is 1.88. The number of hydrogen-bond donors (Lipinski definition) is 2. The average molecular weight is 277 g/mol. The van der Waals surface area contributed by atoms with Crippen LogP contribution in [0.4, 0.5) is 24.7 Å². The molecular formula is C11H14F3N3O2. The molecule has 0 aliphatic heterocycles. The Morgan fingerprint density at radius 2 is 2.21 bits per heavy atom. The summed E-state index contributed by atoms with van der Waals surface area (Å²) in [5, 5.41) is 2.44. The third-order valence-electron chi connectivity index (χ3n) is 2.16. The molecule has 0 spiro atoms. The number of nitrogens with one attached hydrogen (secondary N) is 1. The number of carbonyl (C=O) groups is 1. The molecule has 0 bridgehead atoms. The Kier molecular flexibility index (Phi) is 5.11. The second kappa shape index (κ2) is 6.37. The Balaban J connectivity index is 2.33. The van der Waals surface area contributed by atoms with E-state index in [1.165, 1.54) is 6.20 Å². The molecule has 1 rings (SSSR count). The van der Waals surface area contributed by atoms with Crippen molar-refractivity contribution in [2.24, 2.45) is 0 Å². The number of nitrogens with zero attached hydrogens (tertiary/aromatic N) is 1. The first-order valence-corrected chi connectivity index (χ1v) is 5.44. The van der Waals surface area contributed by atoms with E-state index in [0.29, 0.717) is 11.5 Å². The van der Waals surface area contributed by atoms with Gasteiger partial charge in [-0.05, 0) is 18.6 Å². The number of ether oxygens (including phenoxy) is 1. The van der Waals surface area contributed by atoms with Crippen LogP contribution in [0.2, 0.25) is 0 Å². The van der Waals surface area contributed by atoms with Gasteiger partial charge in [0.2, 0.25) is 5.91 Å². The number of aryl methyl sites for hydroxylation is 1. The van der Waals surface area contributed by atoms with E-state index < -0.39 is 18.7 Å². The lowest BCUT2D eigenvalue weighted by molar-refractivity contribution is -0.174. The second-order valence-electron chi connectivity index (χ2n) is 3.89. The minimum atomic E-state index is -4.38. The lowest BCUT2D eigenvalue weighted by atomic mass is 10.2. The summed E-state index contributed by atoms with van der Waals surface area (Å²) < 4.78 is 39.6. The van der Waals surface area contributed by atoms with E-state index in [1.807, 2.05) is 0 Å². The molecule has 1 aromatic rings. The number of carbonyl (C=O) groups excluding carboxylic acids is 1. The molecule has 1 amide bonds. The molecule has 106 valence electrons. The fraction of sp³-hybridized carbons (Fsp3) is 0.455. The van der Waals surface area contributed by atoms with E-state index in [9.17, 15) is 18.0 Å². The number of aromatic nitrogens is 1. The second-order valence-corrected chi connectivity index (χ2v) is 3.89. The molecule has 1 heterocycles. The Morgan fingerprint density at radius 1 is 1.53 bits per heavy atom. The Hall–Kier alpha value is -1.83. The van der Waals surface area contributed by atoms with Crippen LogP contribution in [0, 0.1) is 6.92 Å². The van der Waals surface area contributed by atoms with Gasteiger partial charge < -0.3 is 15.8 Å². The van der Waals surface area contributed by atoms with E-state index in [2.05, 4.69) is 15.0 Å². The molecule has 3 N–H and O–H groups in total. The van der Waals surface area contributed by atoms with Gasteiger partial charge in [0.1, 0.15) is 12.4 Å². The molecule has 0 aliphatic carbocycles. The lowest BCUT2D eigenvalue weighted by Gasteiger charge is -2.08. The zero-order chi connectivity index (χ0) is 14.5. The first-order valence-electron chi connectivity index (χ1n) is 5.44. The Labute approximate surface area is 108 Å². The van der Waals surface area contributed by atoms with Crippen LogP contribution in [0.15, 0.2) is 12.3 Å². The van der Waals surface area contributed by atoms with Crippen molar-refractivity contribution >= 4 is 17.4 Å². The van der Waals surface area contributed by atoms with E-state index in [1.54, 1.807) is 13.0 Å². The minimum absolute atomic E-state index is 0.179. The smallest absolute Gasteiger partial charge is 0.397 e. The summed E-state index contributed by atoms with van der Waals surface area (Å²) in [6, 6.07) is 1.57. The maximum Gasteiger partial charge on any atom is 0.411 e. The number of nitrogen functional groups attached to an aromatic ring is 1. The number of halogens is 3. The van der Waals surface area contributed by atoms with E-state index in [-0.39, 0.29) is 13.0 Å². The first kappa shape index (κ1) is 15.2. The number of nitrogens with two attached hydrogens (primary N) is 1. The molecule has 5 nitrogen and oxygen atoms in total. The number of amides is 1. The van der Waals surface area contributed by atoms with Gasteiger partial charge in [0.15, 0.2) is 0 Å². The molecule has 0 fully saturated rings. The van der Waals surface area contributed by atoms with Gasteiger partial charge in [-0.25, -0.2) is 4.98 Å². The molecule has 8 heteroatoms. The van der Waals surface area contributed by atoms with Gasteiger partial charge in [0.25, 0.3) is 0 Å². The van der Waals surface area contributed by atoms with Crippen LogP contribution in [0.25, 0.3) is 0 Å². The van der Waals surface area contributed by atoms with Gasteiger partial charge >= 0.3 is 6.18 Å². The molecule has 1 aromatic heterocycles. The maximum atomic E-state index is 11.8. The Bertz CT molecular complexity index is 449. The molecular weight excluding hydrogens is 263 g/mol. The monoisotopic (exact) mass is 277 g/mol. The van der Waals surface area contributed by atoms with Crippen LogP contribution in [0.1, 0.15) is 12.0 Å². The number of alkyl halides is 3. The highest BCUT2D eigenvalue weighted by Crippen LogP contribution is 2.15. The molecule has 0 radical (unpaired) electrons. The summed E-state index contributed by atoms with van der Waals surface area (Å²) in [4.78, 5) is 15.3. The minimum Gasteiger partial charge on any atom is -0.397 e. The Morgan fingerprint density at radius 3 is 2.79 bits per heavy atom. The standard InChI is InChI=1S/C11H14F3N3O2/c1-7-4-9(16-5-8(7)15)17-10(18)2-3-19-6-11(12,13)14/h4-5H,2-3,6,15H2,1H3,(H,16,17,18). The van der Waals surface area contributed by atoms with Crippen molar-refractivity contribution in [1.29, 1.82) is 0 Å². The van der Waals surface area contributed by atoms with Crippen LogP contribution in [0.5, 0.6) is 0 Å². The van der Waals surface area contributed by atoms with Crippen LogP contribution in [-0.2, 0) is 9.53 Å². The highest BCUT2D eigenvalue weighted by molar-refractivity contribution is 5.90. The van der Waals surface area contributed by atoms with Gasteiger partial charge in [0, 0.05) is 0 Å².